The van der Waals surface area contributed by atoms with Crippen molar-refractivity contribution in [3.63, 3.8) is 0 Å². The van der Waals surface area contributed by atoms with Gasteiger partial charge in [0.05, 0.1) is 5.56 Å². The second kappa shape index (κ2) is 8.98. The summed E-state index contributed by atoms with van der Waals surface area (Å²) in [5.74, 6) is 0.304. The number of aromatic nitrogens is 2. The molecule has 1 saturated heterocycles. The first-order chi connectivity index (χ1) is 13.7. The number of benzene rings is 1. The van der Waals surface area contributed by atoms with Crippen LogP contribution >= 0.6 is 0 Å². The smallest absolute Gasteiger partial charge is 0.340 e. The Morgan fingerprint density at radius 2 is 2.10 bits per heavy atom. The quantitative estimate of drug-likeness (QED) is 0.735. The van der Waals surface area contributed by atoms with Gasteiger partial charge in [-0.1, -0.05) is 18.2 Å². The average Bonchev–Trinajstić information content (AvgIpc) is 3.11. The van der Waals surface area contributed by atoms with Crippen molar-refractivity contribution in [2.45, 2.75) is 25.4 Å². The Hall–Kier alpha value is -2.35. The summed E-state index contributed by atoms with van der Waals surface area (Å²) in [7, 11) is 3.55. The number of carbonyl (C=O) groups excluding carboxylic acids is 1. The van der Waals surface area contributed by atoms with Gasteiger partial charge in [-0.15, -0.1) is 0 Å². The zero-order valence-corrected chi connectivity index (χ0v) is 16.8. The molecule has 0 aliphatic carbocycles. The highest BCUT2D eigenvalue weighted by Crippen LogP contribution is 2.29. The third-order valence-corrected chi connectivity index (χ3v) is 5.49. The maximum Gasteiger partial charge on any atom is 0.416 e. The Morgan fingerprint density at radius 1 is 1.31 bits per heavy atom. The van der Waals surface area contributed by atoms with E-state index in [-0.39, 0.29) is 5.91 Å². The Bertz CT molecular complexity index is 833. The number of amides is 1. The molecule has 29 heavy (non-hydrogen) atoms. The topological polar surface area (TPSA) is 41.4 Å². The molecule has 1 aromatic carbocycles. The van der Waals surface area contributed by atoms with E-state index in [1.807, 2.05) is 0 Å². The van der Waals surface area contributed by atoms with Gasteiger partial charge in [0.1, 0.15) is 5.69 Å². The van der Waals surface area contributed by atoms with Gasteiger partial charge in [0.15, 0.2) is 0 Å². The number of hydrogen-bond donors (Lipinski definition) is 0. The van der Waals surface area contributed by atoms with Crippen molar-refractivity contribution in [2.75, 3.05) is 33.2 Å². The molecule has 0 unspecified atom stereocenters. The molecule has 5 nitrogen and oxygen atoms in total. The van der Waals surface area contributed by atoms with Crippen LogP contribution in [0.2, 0.25) is 0 Å². The van der Waals surface area contributed by atoms with Crippen molar-refractivity contribution >= 4 is 5.91 Å². The van der Waals surface area contributed by atoms with Crippen LogP contribution in [0.5, 0.6) is 0 Å². The van der Waals surface area contributed by atoms with Crippen molar-refractivity contribution in [2.24, 2.45) is 13.0 Å². The fourth-order valence-electron chi connectivity index (χ4n) is 3.94. The summed E-state index contributed by atoms with van der Waals surface area (Å²) in [6, 6.07) is 7.27. The molecule has 158 valence electrons. The van der Waals surface area contributed by atoms with Gasteiger partial charge in [-0.05, 0) is 49.4 Å². The molecule has 8 heteroatoms. The summed E-state index contributed by atoms with van der Waals surface area (Å²) >= 11 is 0. The first kappa shape index (κ1) is 21.4. The Morgan fingerprint density at radius 3 is 2.79 bits per heavy atom. The number of carbonyl (C=O) groups is 1. The second-order valence-corrected chi connectivity index (χ2v) is 7.78. The number of alkyl halides is 3. The molecule has 0 N–H and O–H groups in total. The minimum absolute atomic E-state index is 0.0499. The van der Waals surface area contributed by atoms with Crippen LogP contribution in [0.25, 0.3) is 0 Å². The Labute approximate surface area is 169 Å². The molecule has 0 bridgehead atoms. The highest BCUT2D eigenvalue weighted by atomic mass is 19.4. The maximum atomic E-state index is 12.9. The van der Waals surface area contributed by atoms with E-state index in [1.54, 1.807) is 42.0 Å². The summed E-state index contributed by atoms with van der Waals surface area (Å²) in [4.78, 5) is 16.6. The summed E-state index contributed by atoms with van der Waals surface area (Å²) in [6.07, 6.45) is -0.0427. The van der Waals surface area contributed by atoms with Gasteiger partial charge >= 0.3 is 6.18 Å². The molecular weight excluding hydrogens is 381 g/mol. The molecule has 1 aromatic heterocycles. The summed E-state index contributed by atoms with van der Waals surface area (Å²) in [5, 5.41) is 4.04. The molecule has 1 amide bonds. The summed E-state index contributed by atoms with van der Waals surface area (Å²) in [6.45, 7) is 3.16. The van der Waals surface area contributed by atoms with Crippen LogP contribution in [0, 0.1) is 5.92 Å². The van der Waals surface area contributed by atoms with Gasteiger partial charge in [-0.3, -0.25) is 9.48 Å². The monoisotopic (exact) mass is 408 g/mol. The lowest BCUT2D eigenvalue weighted by Crippen LogP contribution is -2.42. The van der Waals surface area contributed by atoms with Gasteiger partial charge in [0, 0.05) is 39.9 Å². The number of likely N-dealkylation sites (tertiary alicyclic amines) is 1. The normalized spacial score (nSPS) is 18.0. The van der Waals surface area contributed by atoms with Gasteiger partial charge in [-0.2, -0.15) is 18.3 Å². The fourth-order valence-corrected chi connectivity index (χ4v) is 3.94. The Kier molecular flexibility index (Phi) is 6.62. The van der Waals surface area contributed by atoms with E-state index in [4.69, 9.17) is 0 Å². The van der Waals surface area contributed by atoms with Gasteiger partial charge in [-0.25, -0.2) is 0 Å². The van der Waals surface area contributed by atoms with Gasteiger partial charge in [0.25, 0.3) is 5.91 Å². The molecular formula is C21H27F3N4O. The zero-order chi connectivity index (χ0) is 21.0. The van der Waals surface area contributed by atoms with Crippen molar-refractivity contribution in [3.8, 4) is 0 Å². The maximum absolute atomic E-state index is 12.9. The standard InChI is InChI=1S/C21H27F3N4O/c1-26(20(29)19-8-10-25-27(19)2)14-17-6-4-11-28(15-17)12-9-16-5-3-7-18(13-16)21(22,23)24/h3,5,7-8,10,13,17H,4,6,9,11-12,14-15H2,1-2H3/t17-/m0/s1. The lowest BCUT2D eigenvalue weighted by molar-refractivity contribution is -0.137. The summed E-state index contributed by atoms with van der Waals surface area (Å²) < 4.78 is 40.2. The average molecular weight is 408 g/mol. The lowest BCUT2D eigenvalue weighted by Gasteiger charge is -2.34. The van der Waals surface area contributed by atoms with Gasteiger partial charge in [0.2, 0.25) is 0 Å². The van der Waals surface area contributed by atoms with Crippen molar-refractivity contribution < 1.29 is 18.0 Å². The van der Waals surface area contributed by atoms with E-state index in [1.165, 1.54) is 12.1 Å². The van der Waals surface area contributed by atoms with Crippen LogP contribution in [-0.4, -0.2) is 58.7 Å². The fraction of sp³-hybridized carbons (Fsp3) is 0.524. The number of rotatable bonds is 6. The van der Waals surface area contributed by atoms with Crippen LogP contribution in [0.1, 0.15) is 34.5 Å². The second-order valence-electron chi connectivity index (χ2n) is 7.78. The summed E-state index contributed by atoms with van der Waals surface area (Å²) in [5.41, 5.74) is 0.664. The predicted molar refractivity (Wildman–Crippen MR) is 104 cm³/mol. The predicted octanol–water partition coefficient (Wildman–Crippen LogP) is 3.47. The van der Waals surface area contributed by atoms with Crippen LogP contribution < -0.4 is 0 Å². The third-order valence-electron chi connectivity index (χ3n) is 5.49. The third kappa shape index (κ3) is 5.59. The molecule has 0 radical (unpaired) electrons. The van der Waals surface area contributed by atoms with E-state index < -0.39 is 11.7 Å². The van der Waals surface area contributed by atoms with E-state index in [0.717, 1.165) is 38.5 Å². The molecule has 1 aliphatic rings. The van der Waals surface area contributed by atoms with E-state index >= 15 is 0 Å². The molecule has 0 spiro atoms. The molecule has 0 saturated carbocycles. The number of halogens is 3. The zero-order valence-electron chi connectivity index (χ0n) is 16.8. The lowest BCUT2D eigenvalue weighted by atomic mass is 9.97. The van der Waals surface area contributed by atoms with Crippen LogP contribution in [0.4, 0.5) is 13.2 Å². The SMILES string of the molecule is CN(C[C@@H]1CCCN(CCc2cccc(C(F)(F)F)c2)C1)C(=O)c1ccnn1C. The highest BCUT2D eigenvalue weighted by Gasteiger charge is 2.30. The molecule has 3 rings (SSSR count). The van der Waals surface area contributed by atoms with E-state index in [0.29, 0.717) is 30.1 Å². The minimum Gasteiger partial charge on any atom is -0.340 e. The first-order valence-corrected chi connectivity index (χ1v) is 9.86. The molecule has 2 heterocycles. The van der Waals surface area contributed by atoms with Crippen molar-refractivity contribution in [1.29, 1.82) is 0 Å². The van der Waals surface area contributed by atoms with E-state index in [2.05, 4.69) is 10.00 Å². The first-order valence-electron chi connectivity index (χ1n) is 9.86. The number of aryl methyl sites for hydroxylation is 1. The largest absolute Gasteiger partial charge is 0.416 e. The number of hydrogen-bond acceptors (Lipinski definition) is 3. The van der Waals surface area contributed by atoms with Gasteiger partial charge < -0.3 is 9.80 Å². The van der Waals surface area contributed by atoms with Crippen LogP contribution in [0.15, 0.2) is 36.5 Å². The van der Waals surface area contributed by atoms with Crippen LogP contribution in [0.3, 0.4) is 0 Å². The molecule has 1 fully saturated rings. The Balaban J connectivity index is 1.52. The molecule has 2 aromatic rings. The van der Waals surface area contributed by atoms with Crippen molar-refractivity contribution in [3.05, 3.63) is 53.3 Å². The van der Waals surface area contributed by atoms with Crippen LogP contribution in [-0.2, 0) is 19.6 Å². The number of nitrogens with zero attached hydrogens (tertiary/aromatic N) is 4. The number of piperidine rings is 1. The molecule has 1 aliphatic heterocycles. The van der Waals surface area contributed by atoms with E-state index in [9.17, 15) is 18.0 Å². The molecule has 1 atom stereocenters. The van der Waals surface area contributed by atoms with Crippen molar-refractivity contribution in [1.82, 2.24) is 19.6 Å². The highest BCUT2D eigenvalue weighted by molar-refractivity contribution is 5.92. The minimum atomic E-state index is -4.31.